The fourth-order valence-electron chi connectivity index (χ4n) is 2.07. The fraction of sp³-hybridized carbons (Fsp3) is 0.455. The number of sulfonamides is 1. The Kier molecular flexibility index (Phi) is 4.02. The van der Waals surface area contributed by atoms with E-state index in [-0.39, 0.29) is 13.0 Å². The average Bonchev–Trinajstić information content (AvgIpc) is 2.81. The molecule has 1 aromatic rings. The molecule has 1 aliphatic heterocycles. The second kappa shape index (κ2) is 5.43. The van der Waals surface area contributed by atoms with E-state index in [1.807, 2.05) is 0 Å². The Morgan fingerprint density at radius 1 is 1.60 bits per heavy atom. The van der Waals surface area contributed by atoms with Crippen molar-refractivity contribution in [3.8, 4) is 0 Å². The molecule has 1 aliphatic rings. The van der Waals surface area contributed by atoms with Crippen molar-refractivity contribution in [3.05, 3.63) is 24.1 Å². The van der Waals surface area contributed by atoms with Gasteiger partial charge in [-0.2, -0.15) is 4.31 Å². The predicted molar refractivity (Wildman–Crippen MR) is 64.5 cm³/mol. The first-order valence-corrected chi connectivity index (χ1v) is 7.20. The summed E-state index contributed by atoms with van der Waals surface area (Å²) < 4.78 is 43.5. The van der Waals surface area contributed by atoms with Crippen LogP contribution in [-0.4, -0.2) is 54.6 Å². The summed E-state index contributed by atoms with van der Waals surface area (Å²) in [6, 6.07) is 1.03. The summed E-state index contributed by atoms with van der Waals surface area (Å²) in [4.78, 5) is 15.1. The number of esters is 1. The summed E-state index contributed by atoms with van der Waals surface area (Å²) >= 11 is 0. The van der Waals surface area contributed by atoms with Crippen LogP contribution < -0.4 is 0 Å². The van der Waals surface area contributed by atoms with Crippen molar-refractivity contribution < 1.29 is 27.4 Å². The van der Waals surface area contributed by atoms with E-state index in [1.165, 1.54) is 6.07 Å². The summed E-state index contributed by atoms with van der Waals surface area (Å²) in [6.07, 6.45) is 0.0244. The maximum atomic E-state index is 13.6. The van der Waals surface area contributed by atoms with Crippen molar-refractivity contribution in [1.29, 1.82) is 0 Å². The molecule has 2 heterocycles. The molecule has 110 valence electrons. The summed E-state index contributed by atoms with van der Waals surface area (Å²) in [6.45, 7) is -0.307. The van der Waals surface area contributed by atoms with E-state index < -0.39 is 39.0 Å². The van der Waals surface area contributed by atoms with Gasteiger partial charge in [-0.15, -0.1) is 0 Å². The van der Waals surface area contributed by atoms with Crippen LogP contribution in [-0.2, 0) is 19.6 Å². The molecule has 1 aromatic heterocycles. The van der Waals surface area contributed by atoms with Gasteiger partial charge in [0.1, 0.15) is 6.04 Å². The third-order valence-electron chi connectivity index (χ3n) is 2.98. The Balaban J connectivity index is 2.43. The van der Waals surface area contributed by atoms with Crippen LogP contribution in [0.4, 0.5) is 4.39 Å². The lowest BCUT2D eigenvalue weighted by molar-refractivity contribution is -0.144. The van der Waals surface area contributed by atoms with Crippen LogP contribution >= 0.6 is 0 Å². The molecule has 0 radical (unpaired) electrons. The van der Waals surface area contributed by atoms with Crippen LogP contribution in [0.15, 0.2) is 23.4 Å². The maximum absolute atomic E-state index is 13.6. The Morgan fingerprint density at radius 2 is 2.30 bits per heavy atom. The monoisotopic (exact) mass is 304 g/mol. The second-order valence-electron chi connectivity index (χ2n) is 4.29. The van der Waals surface area contributed by atoms with Crippen LogP contribution in [0.25, 0.3) is 0 Å². The van der Waals surface area contributed by atoms with Crippen LogP contribution in [0.3, 0.4) is 0 Å². The lowest BCUT2D eigenvalue weighted by atomic mass is 10.2. The van der Waals surface area contributed by atoms with Gasteiger partial charge in [0.25, 0.3) is 10.0 Å². The highest BCUT2D eigenvalue weighted by Crippen LogP contribution is 2.27. The zero-order valence-corrected chi connectivity index (χ0v) is 11.4. The zero-order valence-electron chi connectivity index (χ0n) is 10.6. The van der Waals surface area contributed by atoms with Gasteiger partial charge in [0.05, 0.1) is 13.2 Å². The molecular formula is C11H13FN2O5S. The van der Waals surface area contributed by atoms with E-state index in [0.717, 1.165) is 23.7 Å². The highest BCUT2D eigenvalue weighted by Gasteiger charge is 2.45. The first kappa shape index (κ1) is 14.8. The topological polar surface area (TPSA) is 96.8 Å². The highest BCUT2D eigenvalue weighted by atomic mass is 32.2. The number of aliphatic hydroxyl groups excluding tert-OH is 1. The number of carbonyl (C=O) groups is 1. The SMILES string of the molecule is COC(=O)C1CC(O)CN1S(=O)(=O)c1ncccc1F. The minimum atomic E-state index is -4.32. The minimum Gasteiger partial charge on any atom is -0.468 e. The van der Waals surface area contributed by atoms with Gasteiger partial charge in [0, 0.05) is 19.2 Å². The van der Waals surface area contributed by atoms with Crippen molar-refractivity contribution in [2.45, 2.75) is 23.6 Å². The first-order valence-electron chi connectivity index (χ1n) is 5.76. The van der Waals surface area contributed by atoms with Crippen LogP contribution in [0.5, 0.6) is 0 Å². The molecule has 1 fully saturated rings. The lowest BCUT2D eigenvalue weighted by Gasteiger charge is -2.21. The van der Waals surface area contributed by atoms with Crippen molar-refractivity contribution in [3.63, 3.8) is 0 Å². The van der Waals surface area contributed by atoms with Gasteiger partial charge in [-0.3, -0.25) is 4.79 Å². The number of hydrogen-bond donors (Lipinski definition) is 1. The number of ether oxygens (including phenoxy) is 1. The van der Waals surface area contributed by atoms with Gasteiger partial charge in [0.15, 0.2) is 5.82 Å². The Bertz CT molecular complexity index is 621. The smallest absolute Gasteiger partial charge is 0.324 e. The summed E-state index contributed by atoms with van der Waals surface area (Å²) in [5.41, 5.74) is 0. The predicted octanol–water partition coefficient (Wildman–Crippen LogP) is -0.482. The first-order chi connectivity index (χ1) is 9.37. The lowest BCUT2D eigenvalue weighted by Crippen LogP contribution is -2.41. The molecule has 0 spiro atoms. The molecule has 2 atom stereocenters. The molecule has 7 nitrogen and oxygen atoms in total. The highest BCUT2D eigenvalue weighted by molar-refractivity contribution is 7.89. The normalized spacial score (nSPS) is 23.8. The second-order valence-corrected chi connectivity index (χ2v) is 6.10. The number of methoxy groups -OCH3 is 1. The van der Waals surface area contributed by atoms with Gasteiger partial charge >= 0.3 is 5.97 Å². The number of halogens is 1. The molecule has 0 aromatic carbocycles. The van der Waals surface area contributed by atoms with E-state index in [2.05, 4.69) is 9.72 Å². The molecule has 9 heteroatoms. The minimum absolute atomic E-state index is 0.0969. The molecule has 1 saturated heterocycles. The Morgan fingerprint density at radius 3 is 2.90 bits per heavy atom. The third-order valence-corrected chi connectivity index (χ3v) is 4.79. The van der Waals surface area contributed by atoms with Gasteiger partial charge in [-0.25, -0.2) is 17.8 Å². The molecule has 0 aliphatic carbocycles. The average molecular weight is 304 g/mol. The van der Waals surface area contributed by atoms with E-state index in [9.17, 15) is 22.7 Å². The number of aromatic nitrogens is 1. The summed E-state index contributed by atoms with van der Waals surface area (Å²) in [5.74, 6) is -1.82. The fourth-order valence-corrected chi connectivity index (χ4v) is 3.68. The number of pyridine rings is 1. The molecule has 0 amide bonds. The van der Waals surface area contributed by atoms with Crippen molar-refractivity contribution in [2.24, 2.45) is 0 Å². The molecular weight excluding hydrogens is 291 g/mol. The molecule has 2 rings (SSSR count). The van der Waals surface area contributed by atoms with Gasteiger partial charge in [0.2, 0.25) is 5.03 Å². The summed E-state index contributed by atoms with van der Waals surface area (Å²) in [5, 5.41) is 8.79. The van der Waals surface area contributed by atoms with Crippen molar-refractivity contribution >= 4 is 16.0 Å². The number of aliphatic hydroxyl groups is 1. The van der Waals surface area contributed by atoms with E-state index in [0.29, 0.717) is 0 Å². The molecule has 0 saturated carbocycles. The van der Waals surface area contributed by atoms with Crippen molar-refractivity contribution in [2.75, 3.05) is 13.7 Å². The van der Waals surface area contributed by atoms with Gasteiger partial charge in [-0.05, 0) is 12.1 Å². The Labute approximate surface area is 115 Å². The quantitative estimate of drug-likeness (QED) is 0.757. The maximum Gasteiger partial charge on any atom is 0.324 e. The molecule has 2 unspecified atom stereocenters. The van der Waals surface area contributed by atoms with E-state index in [4.69, 9.17) is 0 Å². The number of rotatable bonds is 3. The molecule has 20 heavy (non-hydrogen) atoms. The van der Waals surface area contributed by atoms with Crippen molar-refractivity contribution in [1.82, 2.24) is 9.29 Å². The number of carbonyl (C=O) groups excluding carboxylic acids is 1. The number of nitrogens with zero attached hydrogens (tertiary/aromatic N) is 2. The van der Waals surface area contributed by atoms with Crippen LogP contribution in [0, 0.1) is 5.82 Å². The zero-order chi connectivity index (χ0) is 14.9. The van der Waals surface area contributed by atoms with E-state index >= 15 is 0 Å². The van der Waals surface area contributed by atoms with Crippen LogP contribution in [0.2, 0.25) is 0 Å². The largest absolute Gasteiger partial charge is 0.468 e. The van der Waals surface area contributed by atoms with Crippen LogP contribution in [0.1, 0.15) is 6.42 Å². The Hall–Kier alpha value is -1.58. The standard InChI is InChI=1S/C11H13FN2O5S/c1-19-11(16)9-5-7(15)6-14(9)20(17,18)10-8(12)3-2-4-13-10/h2-4,7,9,15H,5-6H2,1H3. The molecule has 0 bridgehead atoms. The summed E-state index contributed by atoms with van der Waals surface area (Å²) in [7, 11) is -3.21. The third kappa shape index (κ3) is 2.51. The van der Waals surface area contributed by atoms with E-state index in [1.54, 1.807) is 0 Å². The van der Waals surface area contributed by atoms with Gasteiger partial charge < -0.3 is 9.84 Å². The molecule has 1 N–H and O–H groups in total. The number of β-amino-alcohol motifs (C(OH)–C–C–N with tert-alkyl or cyclic N) is 1. The number of hydrogen-bond acceptors (Lipinski definition) is 6. The van der Waals surface area contributed by atoms with Gasteiger partial charge in [-0.1, -0.05) is 0 Å².